The molecular formula is C34H45F3N2O9. The second-order valence-electron chi connectivity index (χ2n) is 13.0. The summed E-state index contributed by atoms with van der Waals surface area (Å²) >= 11 is 0. The van der Waals surface area contributed by atoms with Gasteiger partial charge in [0.15, 0.2) is 18.4 Å². The summed E-state index contributed by atoms with van der Waals surface area (Å²) in [5.74, 6) is -3.05. The molecule has 1 saturated carbocycles. The molecule has 3 heterocycles. The van der Waals surface area contributed by atoms with Crippen molar-refractivity contribution in [2.45, 2.75) is 121 Å². The summed E-state index contributed by atoms with van der Waals surface area (Å²) in [6, 6.07) is 5.63. The number of carbonyl (C=O) groups is 3. The normalized spacial score (nSPS) is 29.1. The molecule has 0 aromatic heterocycles. The number of nitrogens with one attached hydrogen (secondary N) is 1. The second-order valence-corrected chi connectivity index (χ2v) is 13.0. The van der Waals surface area contributed by atoms with Crippen LogP contribution in [0.25, 0.3) is 6.08 Å². The molecule has 5 rings (SSSR count). The number of fused-ring (bicyclic) bond motifs is 4. The highest BCUT2D eigenvalue weighted by molar-refractivity contribution is 5.93. The maximum atomic E-state index is 14.0. The molecule has 48 heavy (non-hydrogen) atoms. The first-order valence-corrected chi connectivity index (χ1v) is 16.8. The molecule has 2 bridgehead atoms. The molecule has 11 nitrogen and oxygen atoms in total. The van der Waals surface area contributed by atoms with Gasteiger partial charge in [-0.1, -0.05) is 63.8 Å². The van der Waals surface area contributed by atoms with Gasteiger partial charge in [0.25, 0.3) is 0 Å². The van der Waals surface area contributed by atoms with E-state index in [0.717, 1.165) is 44.6 Å². The Morgan fingerprint density at radius 3 is 2.35 bits per heavy atom. The zero-order chi connectivity index (χ0) is 34.5. The molecule has 2 unspecified atom stereocenters. The van der Waals surface area contributed by atoms with Gasteiger partial charge < -0.3 is 29.4 Å². The predicted octanol–water partition coefficient (Wildman–Crippen LogP) is 4.35. The predicted molar refractivity (Wildman–Crippen MR) is 164 cm³/mol. The average molecular weight is 683 g/mol. The first-order chi connectivity index (χ1) is 22.9. The minimum atomic E-state index is -4.62. The number of unbranched alkanes of at least 4 members (excludes halogenated alkanes) is 4. The van der Waals surface area contributed by atoms with Gasteiger partial charge in [0, 0.05) is 31.9 Å². The van der Waals surface area contributed by atoms with Crippen molar-refractivity contribution in [3.05, 3.63) is 41.5 Å². The highest BCUT2D eigenvalue weighted by atomic mass is 19.4. The van der Waals surface area contributed by atoms with E-state index in [0.29, 0.717) is 24.0 Å². The van der Waals surface area contributed by atoms with E-state index in [4.69, 9.17) is 19.0 Å². The number of benzene rings is 1. The van der Waals surface area contributed by atoms with Crippen molar-refractivity contribution < 1.29 is 56.4 Å². The Morgan fingerprint density at radius 2 is 1.73 bits per heavy atom. The standard InChI is InChI=1S/C34H45F3N2O9/c1-3-5-7-15-32(16-8-6-4-2)46-26-24-19-33(31(43)38-17-18-40)28(30(42)45-24)39(48-29(33)27(26)47-32)20-23-11-9-22(10-12-23)13-14-25(41)44-21-34(35,36)37/h9-14,24,26-29,40H,3-8,15-21H2,1-2H3,(H,38,43)/t24?,26-,27-,28-,29+,33?/m0/s1. The molecule has 1 amide bonds. The summed E-state index contributed by atoms with van der Waals surface area (Å²) in [5.41, 5.74) is -0.137. The maximum absolute atomic E-state index is 14.0. The molecule has 3 saturated heterocycles. The number of hydroxylamine groups is 2. The van der Waals surface area contributed by atoms with Gasteiger partial charge in [-0.25, -0.2) is 4.79 Å². The zero-order valence-electron chi connectivity index (χ0n) is 27.3. The van der Waals surface area contributed by atoms with Gasteiger partial charge in [-0.15, -0.1) is 0 Å². The summed E-state index contributed by atoms with van der Waals surface area (Å²) in [4.78, 5) is 45.9. The molecule has 1 aliphatic carbocycles. The van der Waals surface area contributed by atoms with E-state index in [2.05, 4.69) is 23.9 Å². The molecule has 266 valence electrons. The average Bonchev–Trinajstić information content (AvgIpc) is 3.60. The van der Waals surface area contributed by atoms with Crippen LogP contribution in [0.15, 0.2) is 30.3 Å². The minimum Gasteiger partial charge on any atom is -0.458 e. The van der Waals surface area contributed by atoms with Crippen LogP contribution < -0.4 is 5.32 Å². The lowest BCUT2D eigenvalue weighted by Crippen LogP contribution is -2.69. The minimum absolute atomic E-state index is 0.00188. The van der Waals surface area contributed by atoms with Crippen LogP contribution in [0.3, 0.4) is 0 Å². The van der Waals surface area contributed by atoms with Gasteiger partial charge in [-0.3, -0.25) is 14.4 Å². The summed E-state index contributed by atoms with van der Waals surface area (Å²) < 4.78 is 60.6. The third kappa shape index (κ3) is 7.72. The SMILES string of the molecule is CCCCCC1(CCCCC)O[C@@H]2[C@H]3ON(Cc4ccc(C=CC(=O)OCC(F)(F)F)cc4)[C@H]4C(=O)OC(CC34C(=O)NCCO)[C@@H]2O1. The molecule has 6 atom stereocenters. The number of ether oxygens (including phenoxy) is 4. The Bertz CT molecular complexity index is 1310. The number of aliphatic hydroxyl groups is 1. The molecule has 2 N–H and O–H groups in total. The van der Waals surface area contributed by atoms with E-state index in [1.807, 2.05) is 0 Å². The number of alkyl halides is 3. The van der Waals surface area contributed by atoms with Crippen molar-refractivity contribution in [2.24, 2.45) is 5.41 Å². The summed E-state index contributed by atoms with van der Waals surface area (Å²) in [7, 11) is 0. The number of nitrogens with zero attached hydrogens (tertiary/aromatic N) is 1. The van der Waals surface area contributed by atoms with E-state index < -0.39 is 72.3 Å². The maximum Gasteiger partial charge on any atom is 0.422 e. The fourth-order valence-corrected chi connectivity index (χ4v) is 7.31. The van der Waals surface area contributed by atoms with Crippen LogP contribution in [-0.2, 0) is 44.7 Å². The van der Waals surface area contributed by atoms with E-state index in [9.17, 15) is 32.7 Å². The van der Waals surface area contributed by atoms with E-state index >= 15 is 0 Å². The fraction of sp³-hybridized carbons (Fsp3) is 0.676. The Labute approximate surface area is 278 Å². The number of amides is 1. The lowest BCUT2D eigenvalue weighted by Gasteiger charge is -2.48. The first kappa shape index (κ1) is 36.2. The molecule has 4 aliphatic rings. The Balaban J connectivity index is 1.38. The Kier molecular flexibility index (Phi) is 11.5. The van der Waals surface area contributed by atoms with Crippen molar-refractivity contribution in [3.63, 3.8) is 0 Å². The molecule has 1 aromatic carbocycles. The van der Waals surface area contributed by atoms with Crippen LogP contribution in [0.2, 0.25) is 0 Å². The van der Waals surface area contributed by atoms with Crippen LogP contribution >= 0.6 is 0 Å². The van der Waals surface area contributed by atoms with Crippen LogP contribution in [0.4, 0.5) is 13.2 Å². The van der Waals surface area contributed by atoms with Gasteiger partial charge in [0.05, 0.1) is 13.2 Å². The molecule has 0 spiro atoms. The van der Waals surface area contributed by atoms with E-state index in [1.54, 1.807) is 24.3 Å². The largest absolute Gasteiger partial charge is 0.458 e. The Hall–Kier alpha value is -3.04. The van der Waals surface area contributed by atoms with Gasteiger partial charge in [-0.05, 0) is 30.0 Å². The number of aliphatic hydroxyl groups excluding tert-OH is 1. The number of hydrogen-bond acceptors (Lipinski definition) is 10. The van der Waals surface area contributed by atoms with Crippen molar-refractivity contribution in [1.82, 2.24) is 10.4 Å². The summed E-state index contributed by atoms with van der Waals surface area (Å²) in [5, 5.41) is 13.7. The quantitative estimate of drug-likeness (QED) is 0.147. The highest BCUT2D eigenvalue weighted by Crippen LogP contribution is 2.58. The number of halogens is 3. The van der Waals surface area contributed by atoms with Gasteiger partial charge in [0.1, 0.15) is 29.8 Å². The monoisotopic (exact) mass is 682 g/mol. The van der Waals surface area contributed by atoms with Crippen molar-refractivity contribution >= 4 is 23.9 Å². The lowest BCUT2D eigenvalue weighted by molar-refractivity contribution is -0.224. The number of carbonyl (C=O) groups excluding carboxylic acids is 3. The summed E-state index contributed by atoms with van der Waals surface area (Å²) in [6.45, 7) is 2.39. The van der Waals surface area contributed by atoms with Gasteiger partial charge >= 0.3 is 18.1 Å². The Morgan fingerprint density at radius 1 is 1.06 bits per heavy atom. The number of hydrogen-bond donors (Lipinski definition) is 2. The van der Waals surface area contributed by atoms with Crippen LogP contribution in [0, 0.1) is 5.41 Å². The van der Waals surface area contributed by atoms with Gasteiger partial charge in [-0.2, -0.15) is 18.2 Å². The van der Waals surface area contributed by atoms with Crippen molar-refractivity contribution in [2.75, 3.05) is 19.8 Å². The zero-order valence-corrected chi connectivity index (χ0v) is 27.3. The van der Waals surface area contributed by atoms with E-state index in [1.165, 1.54) is 11.1 Å². The third-order valence-corrected chi connectivity index (χ3v) is 9.50. The van der Waals surface area contributed by atoms with Crippen LogP contribution in [0.5, 0.6) is 0 Å². The summed E-state index contributed by atoms with van der Waals surface area (Å²) in [6.07, 6.45) is 2.12. The molecular weight excluding hydrogens is 637 g/mol. The molecule has 4 fully saturated rings. The van der Waals surface area contributed by atoms with Crippen LogP contribution in [0.1, 0.15) is 82.8 Å². The van der Waals surface area contributed by atoms with Crippen LogP contribution in [-0.4, -0.2) is 90.2 Å². The number of esters is 2. The molecule has 0 radical (unpaired) electrons. The first-order valence-electron chi connectivity index (χ1n) is 16.8. The second kappa shape index (κ2) is 15.2. The smallest absolute Gasteiger partial charge is 0.422 e. The highest BCUT2D eigenvalue weighted by Gasteiger charge is 2.76. The topological polar surface area (TPSA) is 133 Å². The molecule has 14 heteroatoms. The van der Waals surface area contributed by atoms with Gasteiger partial charge in [0.2, 0.25) is 5.91 Å². The number of rotatable bonds is 16. The molecule has 1 aromatic rings. The van der Waals surface area contributed by atoms with E-state index in [-0.39, 0.29) is 26.1 Å². The lowest BCUT2D eigenvalue weighted by atomic mass is 9.62. The van der Waals surface area contributed by atoms with Crippen molar-refractivity contribution in [3.8, 4) is 0 Å². The fourth-order valence-electron chi connectivity index (χ4n) is 7.31. The van der Waals surface area contributed by atoms with Crippen molar-refractivity contribution in [1.29, 1.82) is 0 Å². The third-order valence-electron chi connectivity index (χ3n) is 9.50. The molecule has 3 aliphatic heterocycles.